The summed E-state index contributed by atoms with van der Waals surface area (Å²) in [4.78, 5) is 31.4. The van der Waals surface area contributed by atoms with Crippen LogP contribution in [0, 0.1) is 0 Å². The molecule has 2 amide bonds. The molecule has 1 aliphatic rings. The molecule has 0 aliphatic carbocycles. The SMILES string of the molecule is CCCOc1ccccc1N1C(=O)C(c2cccs2)=C(N(CC)c2ccccc2)C1=O. The Morgan fingerprint density at radius 1 is 0.903 bits per heavy atom. The number of rotatable bonds is 8. The molecule has 6 heteroatoms. The zero-order valence-corrected chi connectivity index (χ0v) is 18.4. The molecule has 2 aromatic carbocycles. The summed E-state index contributed by atoms with van der Waals surface area (Å²) in [6, 6.07) is 20.7. The first-order chi connectivity index (χ1) is 15.2. The van der Waals surface area contributed by atoms with Crippen LogP contribution in [0.5, 0.6) is 5.75 Å². The smallest absolute Gasteiger partial charge is 0.282 e. The summed E-state index contributed by atoms with van der Waals surface area (Å²) in [5.74, 6) is -0.142. The Hall–Kier alpha value is -3.38. The molecule has 31 heavy (non-hydrogen) atoms. The van der Waals surface area contributed by atoms with E-state index in [1.54, 1.807) is 12.1 Å². The van der Waals surface area contributed by atoms with Gasteiger partial charge in [-0.1, -0.05) is 43.3 Å². The molecule has 0 spiro atoms. The number of hydrogen-bond acceptors (Lipinski definition) is 5. The van der Waals surface area contributed by atoms with Crippen molar-refractivity contribution in [1.29, 1.82) is 0 Å². The Labute approximate surface area is 186 Å². The number of carbonyl (C=O) groups excluding carboxylic acids is 2. The third-order valence-corrected chi connectivity index (χ3v) is 5.94. The number of anilines is 2. The van der Waals surface area contributed by atoms with Crippen LogP contribution < -0.4 is 14.5 Å². The second-order valence-corrected chi connectivity index (χ2v) is 7.99. The Morgan fingerprint density at radius 3 is 2.32 bits per heavy atom. The number of carbonyl (C=O) groups is 2. The molecule has 158 valence electrons. The zero-order valence-electron chi connectivity index (χ0n) is 17.6. The van der Waals surface area contributed by atoms with Crippen molar-refractivity contribution in [2.24, 2.45) is 0 Å². The van der Waals surface area contributed by atoms with Crippen molar-refractivity contribution in [3.8, 4) is 5.75 Å². The normalized spacial score (nSPS) is 13.8. The van der Waals surface area contributed by atoms with E-state index in [4.69, 9.17) is 4.74 Å². The van der Waals surface area contributed by atoms with Gasteiger partial charge in [-0.25, -0.2) is 4.90 Å². The molecule has 0 atom stereocenters. The Morgan fingerprint density at radius 2 is 1.65 bits per heavy atom. The maximum atomic E-state index is 13.8. The highest BCUT2D eigenvalue weighted by Gasteiger charge is 2.44. The van der Waals surface area contributed by atoms with Crippen molar-refractivity contribution in [2.45, 2.75) is 20.3 Å². The summed E-state index contributed by atoms with van der Waals surface area (Å²) in [5.41, 5.74) is 2.16. The van der Waals surface area contributed by atoms with Crippen LogP contribution in [0.4, 0.5) is 11.4 Å². The van der Waals surface area contributed by atoms with E-state index in [1.807, 2.05) is 78.7 Å². The van der Waals surface area contributed by atoms with Crippen LogP contribution in [0.1, 0.15) is 25.1 Å². The number of likely N-dealkylation sites (N-methyl/N-ethyl adjacent to an activating group) is 1. The van der Waals surface area contributed by atoms with E-state index >= 15 is 0 Å². The summed E-state index contributed by atoms with van der Waals surface area (Å²) in [7, 11) is 0. The average Bonchev–Trinajstić information content (AvgIpc) is 3.41. The largest absolute Gasteiger partial charge is 0.491 e. The number of ether oxygens (including phenoxy) is 1. The molecular weight excluding hydrogens is 408 g/mol. The number of nitrogens with zero attached hydrogens (tertiary/aromatic N) is 2. The lowest BCUT2D eigenvalue weighted by atomic mass is 10.1. The lowest BCUT2D eigenvalue weighted by molar-refractivity contribution is -0.120. The van der Waals surface area contributed by atoms with E-state index in [-0.39, 0.29) is 11.8 Å². The zero-order chi connectivity index (χ0) is 21.8. The predicted octanol–water partition coefficient (Wildman–Crippen LogP) is 5.35. The van der Waals surface area contributed by atoms with E-state index in [1.165, 1.54) is 16.2 Å². The summed E-state index contributed by atoms with van der Waals surface area (Å²) in [6.07, 6.45) is 0.831. The fourth-order valence-electron chi connectivity index (χ4n) is 3.68. The maximum absolute atomic E-state index is 13.8. The van der Waals surface area contributed by atoms with Gasteiger partial charge in [-0.05, 0) is 49.1 Å². The Balaban J connectivity index is 1.85. The molecule has 2 heterocycles. The van der Waals surface area contributed by atoms with Gasteiger partial charge in [0.15, 0.2) is 0 Å². The van der Waals surface area contributed by atoms with Gasteiger partial charge in [0.25, 0.3) is 11.8 Å². The molecule has 0 bridgehead atoms. The van der Waals surface area contributed by atoms with Crippen molar-refractivity contribution < 1.29 is 14.3 Å². The van der Waals surface area contributed by atoms with Crippen LogP contribution in [0.3, 0.4) is 0 Å². The highest BCUT2D eigenvalue weighted by molar-refractivity contribution is 7.11. The number of imide groups is 1. The van der Waals surface area contributed by atoms with Crippen LogP contribution in [0.25, 0.3) is 5.57 Å². The van der Waals surface area contributed by atoms with E-state index < -0.39 is 0 Å². The molecule has 0 fully saturated rings. The predicted molar refractivity (Wildman–Crippen MR) is 125 cm³/mol. The molecule has 0 radical (unpaired) electrons. The van der Waals surface area contributed by atoms with Crippen LogP contribution in [-0.4, -0.2) is 25.0 Å². The van der Waals surface area contributed by atoms with Crippen LogP contribution in [-0.2, 0) is 9.59 Å². The van der Waals surface area contributed by atoms with Crippen molar-refractivity contribution in [3.63, 3.8) is 0 Å². The molecule has 0 saturated carbocycles. The summed E-state index contributed by atoms with van der Waals surface area (Å²) in [6.45, 7) is 5.05. The number of para-hydroxylation sites is 3. The first-order valence-corrected chi connectivity index (χ1v) is 11.3. The molecule has 4 rings (SSSR count). The molecule has 5 nitrogen and oxygen atoms in total. The van der Waals surface area contributed by atoms with Gasteiger partial charge in [-0.15, -0.1) is 11.3 Å². The van der Waals surface area contributed by atoms with Gasteiger partial charge in [-0.2, -0.15) is 0 Å². The van der Waals surface area contributed by atoms with E-state index in [0.29, 0.717) is 35.9 Å². The lowest BCUT2D eigenvalue weighted by Crippen LogP contribution is -2.35. The minimum atomic E-state index is -0.341. The number of amides is 2. The van der Waals surface area contributed by atoms with Gasteiger partial charge < -0.3 is 9.64 Å². The van der Waals surface area contributed by atoms with Crippen LogP contribution in [0.15, 0.2) is 77.8 Å². The van der Waals surface area contributed by atoms with Gasteiger partial charge >= 0.3 is 0 Å². The highest BCUT2D eigenvalue weighted by atomic mass is 32.1. The topological polar surface area (TPSA) is 49.9 Å². The third kappa shape index (κ3) is 3.86. The summed E-state index contributed by atoms with van der Waals surface area (Å²) < 4.78 is 5.85. The molecule has 0 saturated heterocycles. The monoisotopic (exact) mass is 432 g/mol. The minimum absolute atomic E-state index is 0.329. The molecule has 1 aliphatic heterocycles. The standard InChI is InChI=1S/C25H24N2O3S/c1-3-16-30-20-14-9-8-13-19(20)27-24(28)22(21-15-10-17-31-21)23(25(27)29)26(4-2)18-11-6-5-7-12-18/h5-15,17H,3-4,16H2,1-2H3. The van der Waals surface area contributed by atoms with E-state index in [0.717, 1.165) is 17.0 Å². The fourth-order valence-corrected chi connectivity index (χ4v) is 4.45. The van der Waals surface area contributed by atoms with E-state index in [9.17, 15) is 9.59 Å². The highest BCUT2D eigenvalue weighted by Crippen LogP contribution is 2.40. The Kier molecular flexibility index (Phi) is 6.18. The third-order valence-electron chi connectivity index (χ3n) is 5.05. The molecule has 3 aromatic rings. The quantitative estimate of drug-likeness (QED) is 0.451. The lowest BCUT2D eigenvalue weighted by Gasteiger charge is -2.25. The van der Waals surface area contributed by atoms with Crippen molar-refractivity contribution >= 4 is 40.1 Å². The Bertz CT molecular complexity index is 1110. The maximum Gasteiger partial charge on any atom is 0.282 e. The van der Waals surface area contributed by atoms with Gasteiger partial charge in [0.05, 0.1) is 17.9 Å². The number of benzene rings is 2. The van der Waals surface area contributed by atoms with Crippen LogP contribution >= 0.6 is 11.3 Å². The van der Waals surface area contributed by atoms with Crippen molar-refractivity contribution in [3.05, 3.63) is 82.7 Å². The van der Waals surface area contributed by atoms with Crippen molar-refractivity contribution in [1.82, 2.24) is 0 Å². The fraction of sp³-hybridized carbons (Fsp3) is 0.200. The second-order valence-electron chi connectivity index (χ2n) is 7.04. The van der Waals surface area contributed by atoms with Gasteiger partial charge in [-0.3, -0.25) is 9.59 Å². The van der Waals surface area contributed by atoms with Crippen molar-refractivity contribution in [2.75, 3.05) is 23.0 Å². The first kappa shape index (κ1) is 20.9. The number of hydrogen-bond donors (Lipinski definition) is 0. The summed E-state index contributed by atoms with van der Waals surface area (Å²) in [5, 5.41) is 1.91. The average molecular weight is 433 g/mol. The van der Waals surface area contributed by atoms with Crippen LogP contribution in [0.2, 0.25) is 0 Å². The van der Waals surface area contributed by atoms with Gasteiger partial charge in [0.2, 0.25) is 0 Å². The molecule has 0 N–H and O–H groups in total. The molecule has 1 aromatic heterocycles. The second kappa shape index (κ2) is 9.18. The molecular formula is C25H24N2O3S. The number of thiophene rings is 1. The molecule has 0 unspecified atom stereocenters. The first-order valence-electron chi connectivity index (χ1n) is 10.4. The minimum Gasteiger partial charge on any atom is -0.491 e. The van der Waals surface area contributed by atoms with Gasteiger partial charge in [0, 0.05) is 17.1 Å². The van der Waals surface area contributed by atoms with E-state index in [2.05, 4.69) is 0 Å². The van der Waals surface area contributed by atoms with Gasteiger partial charge in [0.1, 0.15) is 11.4 Å². The summed E-state index contributed by atoms with van der Waals surface area (Å²) >= 11 is 1.45.